The van der Waals surface area contributed by atoms with Gasteiger partial charge >= 0.3 is 0 Å². The molecule has 0 saturated carbocycles. The minimum Gasteiger partial charge on any atom is -0.494 e. The van der Waals surface area contributed by atoms with Crippen LogP contribution in [0.25, 0.3) is 0 Å². The molecule has 1 N–H and O–H groups in total. The van der Waals surface area contributed by atoms with E-state index in [4.69, 9.17) is 4.74 Å². The molecular weight excluding hydrogens is 257 g/mol. The lowest BCUT2D eigenvalue weighted by Crippen LogP contribution is -2.04. The monoisotopic (exact) mass is 268 g/mol. The van der Waals surface area contributed by atoms with Crippen molar-refractivity contribution in [3.05, 3.63) is 65.0 Å². The van der Waals surface area contributed by atoms with E-state index in [0.717, 1.165) is 24.3 Å². The first-order valence-electron chi connectivity index (χ1n) is 5.49. The van der Waals surface area contributed by atoms with Crippen molar-refractivity contribution in [2.24, 2.45) is 0 Å². The predicted molar refractivity (Wildman–Crippen MR) is 63.4 cm³/mol. The van der Waals surface area contributed by atoms with Crippen LogP contribution in [0.1, 0.15) is 17.2 Å². The molecule has 0 spiro atoms. The van der Waals surface area contributed by atoms with Crippen LogP contribution in [0.2, 0.25) is 0 Å². The van der Waals surface area contributed by atoms with E-state index in [1.165, 1.54) is 19.2 Å². The molecular formula is C14H11F3O2. The van der Waals surface area contributed by atoms with Crippen molar-refractivity contribution in [3.8, 4) is 5.75 Å². The maximum atomic E-state index is 13.5. The van der Waals surface area contributed by atoms with Crippen LogP contribution in [0.4, 0.5) is 13.2 Å². The fraction of sp³-hybridized carbons (Fsp3) is 0.143. The molecule has 5 heteroatoms. The lowest BCUT2D eigenvalue weighted by Gasteiger charge is -2.14. The number of methoxy groups -OCH3 is 1. The molecule has 1 atom stereocenters. The Morgan fingerprint density at radius 2 is 1.68 bits per heavy atom. The summed E-state index contributed by atoms with van der Waals surface area (Å²) < 4.78 is 44.6. The van der Waals surface area contributed by atoms with E-state index >= 15 is 0 Å². The fourth-order valence-electron chi connectivity index (χ4n) is 1.75. The maximum absolute atomic E-state index is 13.5. The van der Waals surface area contributed by atoms with E-state index in [0.29, 0.717) is 0 Å². The van der Waals surface area contributed by atoms with Crippen LogP contribution in [0.15, 0.2) is 36.4 Å². The Morgan fingerprint density at radius 3 is 2.37 bits per heavy atom. The number of hydrogen-bond donors (Lipinski definition) is 1. The first-order valence-corrected chi connectivity index (χ1v) is 5.49. The topological polar surface area (TPSA) is 29.5 Å². The first-order chi connectivity index (χ1) is 9.02. The summed E-state index contributed by atoms with van der Waals surface area (Å²) in [7, 11) is 1.28. The zero-order valence-corrected chi connectivity index (χ0v) is 10.0. The van der Waals surface area contributed by atoms with Crippen molar-refractivity contribution >= 4 is 0 Å². The second-order valence-electron chi connectivity index (χ2n) is 3.96. The Balaban J connectivity index is 2.43. The summed E-state index contributed by atoms with van der Waals surface area (Å²) in [6.45, 7) is 0. The van der Waals surface area contributed by atoms with Gasteiger partial charge in [0.25, 0.3) is 0 Å². The number of aliphatic hydroxyl groups is 1. The zero-order valence-electron chi connectivity index (χ0n) is 10.0. The van der Waals surface area contributed by atoms with Gasteiger partial charge in [0.2, 0.25) is 0 Å². The van der Waals surface area contributed by atoms with Crippen LogP contribution in [-0.4, -0.2) is 12.2 Å². The highest BCUT2D eigenvalue weighted by Crippen LogP contribution is 2.28. The summed E-state index contributed by atoms with van der Waals surface area (Å²) in [5.41, 5.74) is -0.00332. The number of benzene rings is 2. The molecule has 100 valence electrons. The van der Waals surface area contributed by atoms with Crippen molar-refractivity contribution < 1.29 is 23.0 Å². The standard InChI is InChI=1S/C14H11F3O2/c1-19-13-6-8(2-4-12(13)17)14(18)10-7-9(15)3-5-11(10)16/h2-7,14,18H,1H3. The first kappa shape index (κ1) is 13.4. The molecule has 0 aliphatic rings. The maximum Gasteiger partial charge on any atom is 0.165 e. The number of hydrogen-bond acceptors (Lipinski definition) is 2. The average Bonchev–Trinajstić information content (AvgIpc) is 2.41. The molecule has 0 aromatic heterocycles. The van der Waals surface area contributed by atoms with Crippen molar-refractivity contribution in [1.82, 2.24) is 0 Å². The van der Waals surface area contributed by atoms with Gasteiger partial charge in [-0.15, -0.1) is 0 Å². The van der Waals surface area contributed by atoms with Crippen molar-refractivity contribution in [1.29, 1.82) is 0 Å². The highest BCUT2D eigenvalue weighted by atomic mass is 19.1. The normalized spacial score (nSPS) is 12.3. The highest BCUT2D eigenvalue weighted by Gasteiger charge is 2.17. The number of ether oxygens (including phenoxy) is 1. The Labute approximate surface area is 108 Å². The molecule has 0 aliphatic carbocycles. The van der Waals surface area contributed by atoms with E-state index in [9.17, 15) is 18.3 Å². The Bertz CT molecular complexity index is 599. The molecule has 2 aromatic rings. The largest absolute Gasteiger partial charge is 0.494 e. The van der Waals surface area contributed by atoms with Gasteiger partial charge in [0.05, 0.1) is 7.11 Å². The van der Waals surface area contributed by atoms with E-state index in [-0.39, 0.29) is 16.9 Å². The predicted octanol–water partition coefficient (Wildman–Crippen LogP) is 3.19. The lowest BCUT2D eigenvalue weighted by molar-refractivity contribution is 0.213. The molecule has 2 rings (SSSR count). The summed E-state index contributed by atoms with van der Waals surface area (Å²) in [5.74, 6) is -2.08. The molecule has 0 fully saturated rings. The van der Waals surface area contributed by atoms with Crippen LogP contribution < -0.4 is 4.74 Å². The molecule has 0 amide bonds. The van der Waals surface area contributed by atoms with Gasteiger partial charge in [-0.1, -0.05) is 6.07 Å². The fourth-order valence-corrected chi connectivity index (χ4v) is 1.75. The van der Waals surface area contributed by atoms with Crippen molar-refractivity contribution in [2.75, 3.05) is 7.11 Å². The molecule has 0 aliphatic heterocycles. The Kier molecular flexibility index (Phi) is 3.76. The second-order valence-corrected chi connectivity index (χ2v) is 3.96. The van der Waals surface area contributed by atoms with Gasteiger partial charge < -0.3 is 9.84 Å². The van der Waals surface area contributed by atoms with Gasteiger partial charge in [-0.3, -0.25) is 0 Å². The van der Waals surface area contributed by atoms with Crippen LogP contribution in [0.5, 0.6) is 5.75 Å². The zero-order chi connectivity index (χ0) is 14.0. The summed E-state index contributed by atoms with van der Waals surface area (Å²) >= 11 is 0. The van der Waals surface area contributed by atoms with Gasteiger partial charge in [-0.25, -0.2) is 13.2 Å². The van der Waals surface area contributed by atoms with Crippen LogP contribution in [0, 0.1) is 17.5 Å². The third-order valence-corrected chi connectivity index (χ3v) is 2.74. The summed E-state index contributed by atoms with van der Waals surface area (Å²) in [6.07, 6.45) is -1.40. The number of rotatable bonds is 3. The summed E-state index contributed by atoms with van der Waals surface area (Å²) in [4.78, 5) is 0. The van der Waals surface area contributed by atoms with Gasteiger partial charge in [-0.05, 0) is 35.9 Å². The molecule has 0 saturated heterocycles. The van der Waals surface area contributed by atoms with Crippen LogP contribution in [0.3, 0.4) is 0 Å². The molecule has 19 heavy (non-hydrogen) atoms. The average molecular weight is 268 g/mol. The van der Waals surface area contributed by atoms with Crippen molar-refractivity contribution in [2.45, 2.75) is 6.10 Å². The van der Waals surface area contributed by atoms with E-state index in [1.807, 2.05) is 0 Å². The van der Waals surface area contributed by atoms with Gasteiger partial charge in [0.15, 0.2) is 11.6 Å². The van der Waals surface area contributed by atoms with Gasteiger partial charge in [-0.2, -0.15) is 0 Å². The second kappa shape index (κ2) is 5.32. The molecule has 2 nitrogen and oxygen atoms in total. The van der Waals surface area contributed by atoms with Gasteiger partial charge in [0, 0.05) is 5.56 Å². The van der Waals surface area contributed by atoms with E-state index in [1.54, 1.807) is 0 Å². The molecule has 1 unspecified atom stereocenters. The third kappa shape index (κ3) is 2.71. The molecule has 0 heterocycles. The summed E-state index contributed by atoms with van der Waals surface area (Å²) in [5, 5.41) is 10.0. The van der Waals surface area contributed by atoms with E-state index < -0.39 is 23.6 Å². The van der Waals surface area contributed by atoms with Crippen LogP contribution >= 0.6 is 0 Å². The van der Waals surface area contributed by atoms with Crippen LogP contribution in [-0.2, 0) is 0 Å². The Morgan fingerprint density at radius 1 is 1.00 bits per heavy atom. The van der Waals surface area contributed by atoms with E-state index in [2.05, 4.69) is 0 Å². The smallest absolute Gasteiger partial charge is 0.165 e. The highest BCUT2D eigenvalue weighted by molar-refractivity contribution is 5.36. The lowest BCUT2D eigenvalue weighted by atomic mass is 10.0. The Hall–Kier alpha value is -2.01. The number of aliphatic hydroxyl groups excluding tert-OH is 1. The number of halogens is 3. The minimum absolute atomic E-state index is 0.0756. The van der Waals surface area contributed by atoms with Crippen molar-refractivity contribution in [3.63, 3.8) is 0 Å². The summed E-state index contributed by atoms with van der Waals surface area (Å²) in [6, 6.07) is 6.40. The molecule has 2 aromatic carbocycles. The molecule has 0 bridgehead atoms. The quantitative estimate of drug-likeness (QED) is 0.926. The third-order valence-electron chi connectivity index (χ3n) is 2.74. The SMILES string of the molecule is COc1cc(C(O)c2cc(F)ccc2F)ccc1F. The molecule has 0 radical (unpaired) electrons. The minimum atomic E-state index is -1.40. The van der Waals surface area contributed by atoms with Gasteiger partial charge in [0.1, 0.15) is 17.7 Å².